The zero-order valence-electron chi connectivity index (χ0n) is 17.1. The van der Waals surface area contributed by atoms with Gasteiger partial charge in [0.1, 0.15) is 5.01 Å². The number of aromatic nitrogens is 2. The van der Waals surface area contributed by atoms with Gasteiger partial charge >= 0.3 is 0 Å². The van der Waals surface area contributed by atoms with Gasteiger partial charge in [-0.15, -0.1) is 11.3 Å². The van der Waals surface area contributed by atoms with E-state index >= 15 is 0 Å². The Balaban J connectivity index is 1.77. The quantitative estimate of drug-likeness (QED) is 0.287. The van der Waals surface area contributed by atoms with E-state index in [2.05, 4.69) is 115 Å². The molecule has 2 heterocycles. The van der Waals surface area contributed by atoms with E-state index in [4.69, 9.17) is 4.98 Å². The maximum atomic E-state index is 5.05. The average Bonchev–Trinajstić information content (AvgIpc) is 3.39. The monoisotopic (exact) mass is 416 g/mol. The Labute approximate surface area is 185 Å². The number of thiazole rings is 1. The maximum Gasteiger partial charge on any atom is 0.127 e. The van der Waals surface area contributed by atoms with E-state index in [0.717, 1.165) is 16.2 Å². The summed E-state index contributed by atoms with van der Waals surface area (Å²) in [6.45, 7) is 2.13. The molecule has 0 unspecified atom stereocenters. The van der Waals surface area contributed by atoms with Crippen molar-refractivity contribution in [1.82, 2.24) is 9.55 Å². The molecule has 2 nitrogen and oxygen atoms in total. The molecule has 0 amide bonds. The third-order valence-electron chi connectivity index (χ3n) is 5.72. The lowest BCUT2D eigenvalue weighted by Crippen LogP contribution is -1.97. The summed E-state index contributed by atoms with van der Waals surface area (Å²) in [4.78, 5) is 5.05. The van der Waals surface area contributed by atoms with Crippen molar-refractivity contribution in [3.8, 4) is 27.5 Å². The molecular weight excluding hydrogens is 396 g/mol. The lowest BCUT2D eigenvalue weighted by atomic mass is 10.1. The second-order valence-electron chi connectivity index (χ2n) is 7.76. The van der Waals surface area contributed by atoms with Crippen LogP contribution in [0.15, 0.2) is 103 Å². The smallest absolute Gasteiger partial charge is 0.127 e. The van der Waals surface area contributed by atoms with Crippen molar-refractivity contribution < 1.29 is 0 Å². The number of aryl methyl sites for hydroxylation is 1. The largest absolute Gasteiger partial charge is 0.309 e. The van der Waals surface area contributed by atoms with Gasteiger partial charge in [0.25, 0.3) is 0 Å². The van der Waals surface area contributed by atoms with Crippen molar-refractivity contribution in [3.05, 3.63) is 109 Å². The summed E-state index contributed by atoms with van der Waals surface area (Å²) in [6, 6.07) is 36.5. The lowest BCUT2D eigenvalue weighted by Gasteiger charge is -2.13. The lowest BCUT2D eigenvalue weighted by molar-refractivity contribution is 1.13. The summed E-state index contributed by atoms with van der Waals surface area (Å²) < 4.78 is 3.59. The van der Waals surface area contributed by atoms with Crippen LogP contribution in [0.2, 0.25) is 0 Å². The van der Waals surface area contributed by atoms with Gasteiger partial charge in [0.05, 0.1) is 21.4 Å². The molecule has 0 spiro atoms. The van der Waals surface area contributed by atoms with Crippen LogP contribution in [0, 0.1) is 6.92 Å². The normalized spacial score (nSPS) is 11.4. The minimum atomic E-state index is 1.05. The molecular formula is C28H20N2S. The first-order valence-electron chi connectivity index (χ1n) is 10.4. The molecule has 0 radical (unpaired) electrons. The van der Waals surface area contributed by atoms with Gasteiger partial charge in [-0.1, -0.05) is 78.4 Å². The molecule has 0 aliphatic heterocycles. The van der Waals surface area contributed by atoms with E-state index in [1.165, 1.54) is 38.0 Å². The fourth-order valence-corrected chi connectivity index (χ4v) is 5.29. The number of hydrogen-bond acceptors (Lipinski definition) is 2. The number of nitrogens with zero attached hydrogens (tertiary/aromatic N) is 2. The highest BCUT2D eigenvalue weighted by Gasteiger charge is 2.23. The number of fused-ring (bicyclic) bond motifs is 2. The van der Waals surface area contributed by atoms with Crippen LogP contribution in [0.25, 0.3) is 48.6 Å². The Hall–Kier alpha value is -3.69. The summed E-state index contributed by atoms with van der Waals surface area (Å²) in [5.74, 6) is 0. The van der Waals surface area contributed by atoms with Gasteiger partial charge in [0.2, 0.25) is 0 Å². The van der Waals surface area contributed by atoms with Gasteiger partial charge in [-0.3, -0.25) is 0 Å². The molecule has 6 aromatic rings. The summed E-state index contributed by atoms with van der Waals surface area (Å²) in [5, 5.41) is 2.28. The van der Waals surface area contributed by atoms with Crippen molar-refractivity contribution >= 4 is 32.5 Å². The summed E-state index contributed by atoms with van der Waals surface area (Å²) in [6.07, 6.45) is 0. The van der Waals surface area contributed by atoms with Crippen molar-refractivity contribution in [2.75, 3.05) is 0 Å². The average molecular weight is 417 g/mol. The molecule has 6 rings (SSSR count). The van der Waals surface area contributed by atoms with Crippen LogP contribution in [-0.2, 0) is 0 Å². The topological polar surface area (TPSA) is 17.8 Å². The number of benzene rings is 4. The van der Waals surface area contributed by atoms with Crippen LogP contribution in [0.3, 0.4) is 0 Å². The van der Waals surface area contributed by atoms with E-state index in [1.807, 2.05) is 0 Å². The molecule has 0 aliphatic rings. The Morgan fingerprint density at radius 1 is 0.710 bits per heavy atom. The molecule has 3 heteroatoms. The van der Waals surface area contributed by atoms with Crippen LogP contribution in [0.4, 0.5) is 0 Å². The van der Waals surface area contributed by atoms with Crippen LogP contribution in [0.5, 0.6) is 0 Å². The summed E-state index contributed by atoms with van der Waals surface area (Å²) in [5.41, 5.74) is 8.23. The zero-order chi connectivity index (χ0) is 20.8. The maximum absolute atomic E-state index is 5.05. The second kappa shape index (κ2) is 7.22. The molecule has 0 saturated carbocycles. The molecule has 2 aromatic heterocycles. The minimum Gasteiger partial charge on any atom is -0.309 e. The van der Waals surface area contributed by atoms with Crippen molar-refractivity contribution in [3.63, 3.8) is 0 Å². The molecule has 4 aromatic carbocycles. The van der Waals surface area contributed by atoms with Gasteiger partial charge in [-0.2, -0.15) is 0 Å². The van der Waals surface area contributed by atoms with Gasteiger partial charge in [0.15, 0.2) is 0 Å². The predicted octanol–water partition coefficient (Wildman–Crippen LogP) is 7.88. The highest BCUT2D eigenvalue weighted by atomic mass is 32.1. The zero-order valence-corrected chi connectivity index (χ0v) is 17.9. The fraction of sp³-hybridized carbons (Fsp3) is 0.0357. The first kappa shape index (κ1) is 18.1. The first-order valence-corrected chi connectivity index (χ1v) is 11.2. The van der Waals surface area contributed by atoms with E-state index in [9.17, 15) is 0 Å². The van der Waals surface area contributed by atoms with Crippen LogP contribution >= 0.6 is 11.3 Å². The summed E-state index contributed by atoms with van der Waals surface area (Å²) in [7, 11) is 0. The third-order valence-corrected chi connectivity index (χ3v) is 6.78. The highest BCUT2D eigenvalue weighted by molar-refractivity contribution is 7.21. The SMILES string of the molecule is Cc1ccc(-n2c(-c3ccccc3)c(-c3nc4ccccc4s3)c3ccccc32)cc1. The Morgan fingerprint density at radius 3 is 2.23 bits per heavy atom. The second-order valence-corrected chi connectivity index (χ2v) is 8.80. The van der Waals surface area contributed by atoms with Crippen LogP contribution in [0.1, 0.15) is 5.56 Å². The Kier molecular flexibility index (Phi) is 4.22. The molecule has 148 valence electrons. The molecule has 0 saturated heterocycles. The van der Waals surface area contributed by atoms with Gasteiger partial charge in [-0.25, -0.2) is 4.98 Å². The van der Waals surface area contributed by atoms with E-state index < -0.39 is 0 Å². The standard InChI is InChI=1S/C28H20N2S/c1-19-15-17-21(18-16-19)30-24-13-7-5-11-22(24)26(27(30)20-9-3-2-4-10-20)28-29-23-12-6-8-14-25(23)31-28/h2-18H,1H3. The molecule has 0 bridgehead atoms. The van der Waals surface area contributed by atoms with Crippen molar-refractivity contribution in [2.24, 2.45) is 0 Å². The minimum absolute atomic E-state index is 1.05. The fourth-order valence-electron chi connectivity index (χ4n) is 4.27. The molecule has 0 fully saturated rings. The third kappa shape index (κ3) is 2.97. The van der Waals surface area contributed by atoms with Crippen molar-refractivity contribution in [2.45, 2.75) is 6.92 Å². The number of para-hydroxylation sites is 2. The van der Waals surface area contributed by atoms with Crippen molar-refractivity contribution in [1.29, 1.82) is 0 Å². The van der Waals surface area contributed by atoms with Crippen LogP contribution in [-0.4, -0.2) is 9.55 Å². The molecule has 31 heavy (non-hydrogen) atoms. The summed E-state index contributed by atoms with van der Waals surface area (Å²) >= 11 is 1.76. The predicted molar refractivity (Wildman–Crippen MR) is 132 cm³/mol. The molecule has 0 atom stereocenters. The molecule has 0 N–H and O–H groups in total. The van der Waals surface area contributed by atoms with E-state index in [0.29, 0.717) is 0 Å². The van der Waals surface area contributed by atoms with Gasteiger partial charge in [-0.05, 0) is 42.8 Å². The highest BCUT2D eigenvalue weighted by Crippen LogP contribution is 2.44. The number of hydrogen-bond donors (Lipinski definition) is 0. The number of rotatable bonds is 3. The Morgan fingerprint density at radius 2 is 1.42 bits per heavy atom. The Bertz CT molecular complexity index is 1490. The van der Waals surface area contributed by atoms with Gasteiger partial charge < -0.3 is 4.57 Å². The molecule has 0 aliphatic carbocycles. The van der Waals surface area contributed by atoms with Crippen LogP contribution < -0.4 is 0 Å². The van der Waals surface area contributed by atoms with Gasteiger partial charge in [0, 0.05) is 16.6 Å². The van der Waals surface area contributed by atoms with E-state index in [-0.39, 0.29) is 0 Å². The first-order chi connectivity index (χ1) is 15.3. The van der Waals surface area contributed by atoms with E-state index in [1.54, 1.807) is 11.3 Å².